The van der Waals surface area contributed by atoms with Crippen LogP contribution in [0.15, 0.2) is 65.7 Å². The van der Waals surface area contributed by atoms with Crippen molar-refractivity contribution in [2.24, 2.45) is 0 Å². The van der Waals surface area contributed by atoms with E-state index in [1.807, 2.05) is 32.0 Å². The Morgan fingerprint density at radius 2 is 1.63 bits per heavy atom. The highest BCUT2D eigenvalue weighted by atomic mass is 32.2. The van der Waals surface area contributed by atoms with E-state index in [1.54, 1.807) is 12.1 Å². The molecule has 1 aromatic heterocycles. The number of pyridine rings is 1. The number of hydrogen-bond donors (Lipinski definition) is 2. The largest absolute Gasteiger partial charge is 0.446 e. The van der Waals surface area contributed by atoms with Gasteiger partial charge in [0.15, 0.2) is 0 Å². The Hall–Kier alpha value is -3.20. The minimum Gasteiger partial charge on any atom is -0.439 e. The second-order valence-corrected chi connectivity index (χ2v) is 7.55. The SMILES string of the molecule is Cc1ccc(C)c(Oc2ccc(NC(=O)Nc3ccc(SC(F)(F)F)cc3)cn2)c1. The third-order valence-corrected chi connectivity index (χ3v) is 4.64. The van der Waals surface area contributed by atoms with Crippen LogP contribution in [0.2, 0.25) is 0 Å². The molecule has 2 amide bonds. The van der Waals surface area contributed by atoms with Crippen molar-refractivity contribution in [3.05, 3.63) is 71.9 Å². The van der Waals surface area contributed by atoms with E-state index >= 15 is 0 Å². The third-order valence-electron chi connectivity index (χ3n) is 3.90. The molecule has 3 aromatic rings. The van der Waals surface area contributed by atoms with Crippen LogP contribution < -0.4 is 15.4 Å². The van der Waals surface area contributed by atoms with Crippen molar-refractivity contribution in [3.63, 3.8) is 0 Å². The fourth-order valence-electron chi connectivity index (χ4n) is 2.48. The van der Waals surface area contributed by atoms with Crippen LogP contribution in [0, 0.1) is 13.8 Å². The molecule has 0 radical (unpaired) electrons. The number of aromatic nitrogens is 1. The molecule has 1 heterocycles. The van der Waals surface area contributed by atoms with Crippen molar-refractivity contribution < 1.29 is 22.7 Å². The average Bonchev–Trinajstić information content (AvgIpc) is 2.67. The number of aryl methyl sites for hydroxylation is 2. The van der Waals surface area contributed by atoms with Crippen LogP contribution in [0.1, 0.15) is 11.1 Å². The predicted molar refractivity (Wildman–Crippen MR) is 111 cm³/mol. The first-order valence-electron chi connectivity index (χ1n) is 8.83. The number of carbonyl (C=O) groups is 1. The van der Waals surface area contributed by atoms with E-state index in [0.717, 1.165) is 11.1 Å². The smallest absolute Gasteiger partial charge is 0.439 e. The van der Waals surface area contributed by atoms with E-state index in [-0.39, 0.29) is 16.7 Å². The number of anilines is 2. The lowest BCUT2D eigenvalue weighted by atomic mass is 10.1. The summed E-state index contributed by atoms with van der Waals surface area (Å²) in [5.74, 6) is 1.08. The summed E-state index contributed by atoms with van der Waals surface area (Å²) < 4.78 is 42.8. The van der Waals surface area contributed by atoms with Gasteiger partial charge in [0.1, 0.15) is 5.75 Å². The van der Waals surface area contributed by atoms with Gasteiger partial charge in [0.05, 0.1) is 11.9 Å². The maximum absolute atomic E-state index is 12.4. The molecule has 0 aliphatic carbocycles. The lowest BCUT2D eigenvalue weighted by Crippen LogP contribution is -2.19. The minimum absolute atomic E-state index is 0.0390. The molecule has 0 saturated carbocycles. The number of amides is 2. The summed E-state index contributed by atoms with van der Waals surface area (Å²) >= 11 is -0.214. The van der Waals surface area contributed by atoms with Crippen LogP contribution in [0.5, 0.6) is 11.6 Å². The van der Waals surface area contributed by atoms with Crippen LogP contribution in [0.4, 0.5) is 29.3 Å². The zero-order valence-electron chi connectivity index (χ0n) is 16.1. The number of carbonyl (C=O) groups excluding carboxylic acids is 1. The van der Waals surface area contributed by atoms with Crippen molar-refractivity contribution >= 4 is 29.2 Å². The summed E-state index contributed by atoms with van der Waals surface area (Å²) in [6.07, 6.45) is 1.45. The standard InChI is InChI=1S/C21H18F3N3O2S/c1-13-3-4-14(2)18(11-13)29-19-10-7-16(12-25-19)27-20(28)26-15-5-8-17(9-6-15)30-21(22,23)24/h3-12H,1-2H3,(H2,26,27,28). The maximum atomic E-state index is 12.4. The molecule has 0 saturated heterocycles. The van der Waals surface area contributed by atoms with Crippen LogP contribution in [0.25, 0.3) is 0 Å². The summed E-state index contributed by atoms with van der Waals surface area (Å²) in [4.78, 5) is 16.3. The van der Waals surface area contributed by atoms with Crippen molar-refractivity contribution in [2.45, 2.75) is 24.3 Å². The lowest BCUT2D eigenvalue weighted by Gasteiger charge is -2.11. The van der Waals surface area contributed by atoms with Crippen molar-refractivity contribution in [3.8, 4) is 11.6 Å². The number of hydrogen-bond acceptors (Lipinski definition) is 4. The molecule has 9 heteroatoms. The number of nitrogens with one attached hydrogen (secondary N) is 2. The highest BCUT2D eigenvalue weighted by molar-refractivity contribution is 8.00. The molecule has 0 spiro atoms. The van der Waals surface area contributed by atoms with Crippen LogP contribution in [0.3, 0.4) is 0 Å². The third kappa shape index (κ3) is 6.41. The van der Waals surface area contributed by atoms with Gasteiger partial charge in [-0.05, 0) is 73.1 Å². The van der Waals surface area contributed by atoms with E-state index < -0.39 is 11.5 Å². The van der Waals surface area contributed by atoms with Gasteiger partial charge in [-0.15, -0.1) is 0 Å². The topological polar surface area (TPSA) is 63.2 Å². The molecule has 0 unspecified atom stereocenters. The molecule has 0 fully saturated rings. The Morgan fingerprint density at radius 1 is 0.967 bits per heavy atom. The molecule has 3 rings (SSSR count). The van der Waals surface area contributed by atoms with Gasteiger partial charge in [0, 0.05) is 16.6 Å². The van der Waals surface area contributed by atoms with Crippen LogP contribution in [-0.2, 0) is 0 Å². The van der Waals surface area contributed by atoms with Gasteiger partial charge >= 0.3 is 11.5 Å². The molecule has 30 heavy (non-hydrogen) atoms. The first-order valence-corrected chi connectivity index (χ1v) is 9.64. The van der Waals surface area contributed by atoms with E-state index in [4.69, 9.17) is 4.74 Å². The van der Waals surface area contributed by atoms with Gasteiger partial charge in [-0.25, -0.2) is 9.78 Å². The van der Waals surface area contributed by atoms with Gasteiger partial charge in [0.2, 0.25) is 5.88 Å². The normalized spacial score (nSPS) is 11.1. The Morgan fingerprint density at radius 3 is 2.27 bits per heavy atom. The molecular weight excluding hydrogens is 415 g/mol. The van der Waals surface area contributed by atoms with E-state index in [9.17, 15) is 18.0 Å². The quantitative estimate of drug-likeness (QED) is 0.437. The summed E-state index contributed by atoms with van der Waals surface area (Å²) in [7, 11) is 0. The molecule has 2 aromatic carbocycles. The van der Waals surface area contributed by atoms with Gasteiger partial charge < -0.3 is 15.4 Å². The second kappa shape index (κ2) is 9.08. The first-order chi connectivity index (χ1) is 14.2. The molecule has 0 bridgehead atoms. The van der Waals surface area contributed by atoms with Gasteiger partial charge in [-0.1, -0.05) is 12.1 Å². The molecule has 0 aliphatic heterocycles. The Bertz CT molecular complexity index is 1020. The molecule has 2 N–H and O–H groups in total. The number of benzene rings is 2. The van der Waals surface area contributed by atoms with E-state index in [2.05, 4.69) is 15.6 Å². The van der Waals surface area contributed by atoms with Gasteiger partial charge in [0.25, 0.3) is 0 Å². The minimum atomic E-state index is -4.35. The number of thioether (sulfide) groups is 1. The molecule has 0 aliphatic rings. The molecule has 156 valence electrons. The first kappa shape index (κ1) is 21.5. The summed E-state index contributed by atoms with van der Waals surface area (Å²) in [6.45, 7) is 3.90. The summed E-state index contributed by atoms with van der Waals surface area (Å²) in [5.41, 5.74) is -1.51. The summed E-state index contributed by atoms with van der Waals surface area (Å²) in [5, 5.41) is 5.15. The number of ether oxygens (including phenoxy) is 1. The zero-order valence-corrected chi connectivity index (χ0v) is 16.9. The Labute approximate surface area is 175 Å². The number of nitrogens with zero attached hydrogens (tertiary/aromatic N) is 1. The van der Waals surface area contributed by atoms with Crippen molar-refractivity contribution in [1.29, 1.82) is 0 Å². The second-order valence-electron chi connectivity index (χ2n) is 6.41. The lowest BCUT2D eigenvalue weighted by molar-refractivity contribution is -0.0328. The fraction of sp³-hybridized carbons (Fsp3) is 0.143. The molecular formula is C21H18F3N3O2S. The van der Waals surface area contributed by atoms with Crippen LogP contribution >= 0.6 is 11.8 Å². The Balaban J connectivity index is 1.56. The molecule has 5 nitrogen and oxygen atoms in total. The predicted octanol–water partition coefficient (Wildman–Crippen LogP) is 6.75. The number of urea groups is 1. The number of rotatable bonds is 5. The van der Waals surface area contributed by atoms with Crippen LogP contribution in [-0.4, -0.2) is 16.5 Å². The highest BCUT2D eigenvalue weighted by Crippen LogP contribution is 2.37. The number of alkyl halides is 3. The van der Waals surface area contributed by atoms with Gasteiger partial charge in [-0.2, -0.15) is 13.2 Å². The maximum Gasteiger partial charge on any atom is 0.446 e. The average molecular weight is 433 g/mol. The van der Waals surface area contributed by atoms with Crippen molar-refractivity contribution in [2.75, 3.05) is 10.6 Å². The summed E-state index contributed by atoms with van der Waals surface area (Å²) in [6, 6.07) is 13.9. The fourth-order valence-corrected chi connectivity index (χ4v) is 3.02. The zero-order chi connectivity index (χ0) is 21.7. The van der Waals surface area contributed by atoms with E-state index in [0.29, 0.717) is 23.0 Å². The van der Waals surface area contributed by atoms with Gasteiger partial charge in [-0.3, -0.25) is 0 Å². The number of halogens is 3. The highest BCUT2D eigenvalue weighted by Gasteiger charge is 2.29. The Kier molecular flexibility index (Phi) is 6.51. The van der Waals surface area contributed by atoms with Crippen molar-refractivity contribution in [1.82, 2.24) is 4.98 Å². The molecule has 0 atom stereocenters. The monoisotopic (exact) mass is 433 g/mol. The van der Waals surface area contributed by atoms with E-state index in [1.165, 1.54) is 30.5 Å².